The molecule has 1 aromatic rings. The Kier molecular flexibility index (Phi) is 3.46. The van der Waals surface area contributed by atoms with Crippen LogP contribution >= 0.6 is 11.6 Å². The minimum absolute atomic E-state index is 0.0484. The van der Waals surface area contributed by atoms with Crippen LogP contribution in [0.4, 0.5) is 0 Å². The second kappa shape index (κ2) is 5.01. The standard InChI is InChI=1S/C13H13ClN2O3S/c14-10-3-1-8(7-15)5-13(10)20(17,18)16-11-6-9-2-4-12(11)19-9/h1,3,5,9,11-12,16H,2,4,6H2. The number of nitrogens with zero attached hydrogens (tertiary/aromatic N) is 1. The van der Waals surface area contributed by atoms with Crippen molar-refractivity contribution in [3.8, 4) is 6.07 Å². The molecule has 7 heteroatoms. The first-order valence-corrected chi connectivity index (χ1v) is 8.23. The molecule has 3 unspecified atom stereocenters. The normalized spacial score (nSPS) is 28.5. The third kappa shape index (κ3) is 2.42. The van der Waals surface area contributed by atoms with Crippen LogP contribution in [0.2, 0.25) is 5.02 Å². The first-order valence-electron chi connectivity index (χ1n) is 6.37. The van der Waals surface area contributed by atoms with E-state index in [1.165, 1.54) is 18.2 Å². The van der Waals surface area contributed by atoms with E-state index >= 15 is 0 Å². The van der Waals surface area contributed by atoms with E-state index in [9.17, 15) is 8.42 Å². The summed E-state index contributed by atoms with van der Waals surface area (Å²) >= 11 is 5.94. The Morgan fingerprint density at radius 3 is 2.80 bits per heavy atom. The molecule has 2 bridgehead atoms. The van der Waals surface area contributed by atoms with Gasteiger partial charge in [-0.3, -0.25) is 0 Å². The summed E-state index contributed by atoms with van der Waals surface area (Å²) in [7, 11) is -3.74. The highest BCUT2D eigenvalue weighted by atomic mass is 35.5. The molecule has 0 aliphatic carbocycles. The summed E-state index contributed by atoms with van der Waals surface area (Å²) in [6, 6.07) is 5.91. The molecule has 2 heterocycles. The largest absolute Gasteiger partial charge is 0.373 e. The Morgan fingerprint density at radius 1 is 1.40 bits per heavy atom. The summed E-state index contributed by atoms with van der Waals surface area (Å²) in [6.07, 6.45) is 2.68. The van der Waals surface area contributed by atoms with Crippen LogP contribution in [0.3, 0.4) is 0 Å². The van der Waals surface area contributed by atoms with Gasteiger partial charge in [0.15, 0.2) is 0 Å². The Balaban J connectivity index is 1.87. The molecule has 20 heavy (non-hydrogen) atoms. The van der Waals surface area contributed by atoms with Crippen LogP contribution in [-0.2, 0) is 14.8 Å². The van der Waals surface area contributed by atoms with E-state index in [1.54, 1.807) is 0 Å². The minimum Gasteiger partial charge on any atom is -0.373 e. The highest BCUT2D eigenvalue weighted by Crippen LogP contribution is 2.35. The average molecular weight is 313 g/mol. The van der Waals surface area contributed by atoms with Crippen LogP contribution in [0.15, 0.2) is 23.1 Å². The molecule has 0 saturated carbocycles. The van der Waals surface area contributed by atoms with E-state index in [2.05, 4.69) is 4.72 Å². The highest BCUT2D eigenvalue weighted by Gasteiger charge is 2.42. The molecule has 2 aliphatic rings. The zero-order valence-electron chi connectivity index (χ0n) is 10.5. The summed E-state index contributed by atoms with van der Waals surface area (Å²) in [5.41, 5.74) is 0.263. The van der Waals surface area contributed by atoms with E-state index < -0.39 is 10.0 Å². The molecular weight excluding hydrogens is 300 g/mol. The Hall–Kier alpha value is -1.13. The van der Waals surface area contributed by atoms with Crippen LogP contribution in [0.1, 0.15) is 24.8 Å². The molecular formula is C13H13ClN2O3S. The molecule has 3 rings (SSSR count). The lowest BCUT2D eigenvalue weighted by atomic mass is 9.96. The first-order chi connectivity index (χ1) is 9.49. The number of nitrogens with one attached hydrogen (secondary N) is 1. The predicted octanol–water partition coefficient (Wildman–Crippen LogP) is 1.81. The quantitative estimate of drug-likeness (QED) is 0.923. The maximum Gasteiger partial charge on any atom is 0.242 e. The fraction of sp³-hybridized carbons (Fsp3) is 0.462. The van der Waals surface area contributed by atoms with E-state index in [4.69, 9.17) is 21.6 Å². The van der Waals surface area contributed by atoms with Gasteiger partial charge in [-0.05, 0) is 37.5 Å². The number of ether oxygens (including phenoxy) is 1. The van der Waals surface area contributed by atoms with Crippen molar-refractivity contribution in [2.75, 3.05) is 0 Å². The van der Waals surface area contributed by atoms with Crippen LogP contribution in [0.25, 0.3) is 0 Å². The number of sulfonamides is 1. The molecule has 1 aromatic carbocycles. The van der Waals surface area contributed by atoms with E-state index in [-0.39, 0.29) is 33.7 Å². The molecule has 0 spiro atoms. The van der Waals surface area contributed by atoms with Gasteiger partial charge in [-0.15, -0.1) is 0 Å². The van der Waals surface area contributed by atoms with Crippen molar-refractivity contribution in [3.05, 3.63) is 28.8 Å². The second-order valence-electron chi connectivity index (χ2n) is 5.09. The topological polar surface area (TPSA) is 79.2 Å². The molecule has 0 aromatic heterocycles. The number of hydrogen-bond donors (Lipinski definition) is 1. The lowest BCUT2D eigenvalue weighted by Crippen LogP contribution is -2.41. The van der Waals surface area contributed by atoms with Gasteiger partial charge in [0.1, 0.15) is 4.90 Å². The van der Waals surface area contributed by atoms with Crippen LogP contribution in [0, 0.1) is 11.3 Å². The van der Waals surface area contributed by atoms with Gasteiger partial charge in [0.2, 0.25) is 10.0 Å². The molecule has 2 saturated heterocycles. The van der Waals surface area contributed by atoms with Gasteiger partial charge in [-0.1, -0.05) is 11.6 Å². The summed E-state index contributed by atoms with van der Waals surface area (Å²) < 4.78 is 33.1. The van der Waals surface area contributed by atoms with Gasteiger partial charge in [0, 0.05) is 0 Å². The number of halogens is 1. The van der Waals surface area contributed by atoms with Gasteiger partial charge in [-0.2, -0.15) is 5.26 Å². The highest BCUT2D eigenvalue weighted by molar-refractivity contribution is 7.89. The van der Waals surface area contributed by atoms with Crippen LogP contribution in [0.5, 0.6) is 0 Å². The zero-order chi connectivity index (χ0) is 14.3. The number of nitriles is 1. The lowest BCUT2D eigenvalue weighted by Gasteiger charge is -2.20. The summed E-state index contributed by atoms with van der Waals surface area (Å²) in [6.45, 7) is 0. The fourth-order valence-electron chi connectivity index (χ4n) is 2.80. The maximum atomic E-state index is 12.4. The number of benzene rings is 1. The fourth-order valence-corrected chi connectivity index (χ4v) is 4.61. The summed E-state index contributed by atoms with van der Waals surface area (Å²) in [5, 5.41) is 8.97. The summed E-state index contributed by atoms with van der Waals surface area (Å²) in [4.78, 5) is -0.0546. The van der Waals surface area contributed by atoms with Crippen molar-refractivity contribution in [3.63, 3.8) is 0 Å². The lowest BCUT2D eigenvalue weighted by molar-refractivity contribution is 0.0996. The third-order valence-electron chi connectivity index (χ3n) is 3.76. The van der Waals surface area contributed by atoms with E-state index in [0.717, 1.165) is 12.8 Å². The van der Waals surface area contributed by atoms with E-state index in [1.807, 2.05) is 6.07 Å². The average Bonchev–Trinajstić information content (AvgIpc) is 3.01. The van der Waals surface area contributed by atoms with Crippen molar-refractivity contribution in [2.45, 2.75) is 42.4 Å². The van der Waals surface area contributed by atoms with Crippen molar-refractivity contribution >= 4 is 21.6 Å². The third-order valence-corrected chi connectivity index (χ3v) is 5.73. The minimum atomic E-state index is -3.74. The van der Waals surface area contributed by atoms with Gasteiger partial charge < -0.3 is 4.74 Å². The predicted molar refractivity (Wildman–Crippen MR) is 72.8 cm³/mol. The molecule has 0 radical (unpaired) electrons. The van der Waals surface area contributed by atoms with Crippen LogP contribution < -0.4 is 4.72 Å². The maximum absolute atomic E-state index is 12.4. The molecule has 2 fully saturated rings. The smallest absolute Gasteiger partial charge is 0.242 e. The molecule has 106 valence electrons. The van der Waals surface area contributed by atoms with Crippen molar-refractivity contribution in [1.82, 2.24) is 4.72 Å². The molecule has 3 atom stereocenters. The molecule has 0 amide bonds. The Labute approximate surface area is 122 Å². The van der Waals surface area contributed by atoms with Gasteiger partial charge in [-0.25, -0.2) is 13.1 Å². The molecule has 2 aliphatic heterocycles. The Morgan fingerprint density at radius 2 is 2.20 bits per heavy atom. The van der Waals surface area contributed by atoms with Crippen molar-refractivity contribution < 1.29 is 13.2 Å². The molecule has 5 nitrogen and oxygen atoms in total. The SMILES string of the molecule is N#Cc1ccc(Cl)c(S(=O)(=O)NC2CC3CCC2O3)c1. The van der Waals surface area contributed by atoms with Gasteiger partial charge in [0.05, 0.1) is 34.9 Å². The van der Waals surface area contributed by atoms with Crippen molar-refractivity contribution in [1.29, 1.82) is 5.26 Å². The molecule has 1 N–H and O–H groups in total. The number of fused-ring (bicyclic) bond motifs is 2. The second-order valence-corrected chi connectivity index (χ2v) is 7.18. The summed E-state index contributed by atoms with van der Waals surface area (Å²) in [5.74, 6) is 0. The first kappa shape index (κ1) is 13.8. The number of hydrogen-bond acceptors (Lipinski definition) is 4. The zero-order valence-corrected chi connectivity index (χ0v) is 12.1. The van der Waals surface area contributed by atoms with Gasteiger partial charge in [0.25, 0.3) is 0 Å². The van der Waals surface area contributed by atoms with Crippen molar-refractivity contribution in [2.24, 2.45) is 0 Å². The number of rotatable bonds is 3. The Bertz CT molecular complexity index is 683. The van der Waals surface area contributed by atoms with Gasteiger partial charge >= 0.3 is 0 Å². The monoisotopic (exact) mass is 312 g/mol. The van der Waals surface area contributed by atoms with Crippen LogP contribution in [-0.4, -0.2) is 26.7 Å². The van der Waals surface area contributed by atoms with E-state index in [0.29, 0.717) is 6.42 Å².